The van der Waals surface area contributed by atoms with Crippen LogP contribution in [0.4, 0.5) is 0 Å². The van der Waals surface area contributed by atoms with Crippen LogP contribution < -0.4 is 5.32 Å². The predicted molar refractivity (Wildman–Crippen MR) is 73.7 cm³/mol. The Morgan fingerprint density at radius 3 is 2.41 bits per heavy atom. The Balaban J connectivity index is 0.00000144. The van der Waals surface area contributed by atoms with Crippen LogP contribution in [0, 0.1) is 0 Å². The van der Waals surface area contributed by atoms with Gasteiger partial charge in [0, 0.05) is 0 Å². The SMILES string of the molecule is Cl.OC1(CCCc2ccccc2)CCNCC1. The third-order valence-electron chi connectivity index (χ3n) is 3.48. The fourth-order valence-electron chi connectivity index (χ4n) is 2.41. The molecule has 1 saturated heterocycles. The molecule has 17 heavy (non-hydrogen) atoms. The Morgan fingerprint density at radius 2 is 1.76 bits per heavy atom. The highest BCUT2D eigenvalue weighted by atomic mass is 35.5. The first-order valence-corrected chi connectivity index (χ1v) is 6.26. The number of aliphatic hydroxyl groups is 1. The Morgan fingerprint density at radius 1 is 1.12 bits per heavy atom. The quantitative estimate of drug-likeness (QED) is 0.867. The van der Waals surface area contributed by atoms with Gasteiger partial charge in [0.2, 0.25) is 0 Å². The summed E-state index contributed by atoms with van der Waals surface area (Å²) in [6.07, 6.45) is 4.91. The van der Waals surface area contributed by atoms with Crippen LogP contribution in [0.25, 0.3) is 0 Å². The fourth-order valence-corrected chi connectivity index (χ4v) is 2.41. The number of benzene rings is 1. The highest BCUT2D eigenvalue weighted by Crippen LogP contribution is 2.24. The maximum Gasteiger partial charge on any atom is 0.0672 e. The second kappa shape index (κ2) is 7.00. The van der Waals surface area contributed by atoms with Crippen molar-refractivity contribution in [3.63, 3.8) is 0 Å². The molecule has 0 aromatic heterocycles. The zero-order valence-corrected chi connectivity index (χ0v) is 11.0. The van der Waals surface area contributed by atoms with Crippen molar-refractivity contribution in [1.29, 1.82) is 0 Å². The van der Waals surface area contributed by atoms with Crippen molar-refractivity contribution in [2.75, 3.05) is 13.1 Å². The minimum Gasteiger partial charge on any atom is -0.390 e. The number of piperidine rings is 1. The molecule has 2 rings (SSSR count). The molecule has 1 aromatic rings. The molecule has 2 N–H and O–H groups in total. The van der Waals surface area contributed by atoms with Crippen LogP contribution >= 0.6 is 12.4 Å². The normalized spacial score (nSPS) is 18.4. The van der Waals surface area contributed by atoms with E-state index >= 15 is 0 Å². The molecule has 1 aliphatic heterocycles. The summed E-state index contributed by atoms with van der Waals surface area (Å²) in [5.74, 6) is 0. The zero-order chi connectivity index (χ0) is 11.3. The molecular weight excluding hydrogens is 234 g/mol. The van der Waals surface area contributed by atoms with E-state index < -0.39 is 5.60 Å². The number of hydrogen-bond donors (Lipinski definition) is 2. The van der Waals surface area contributed by atoms with E-state index in [0.29, 0.717) is 0 Å². The average Bonchev–Trinajstić information content (AvgIpc) is 2.31. The van der Waals surface area contributed by atoms with Crippen molar-refractivity contribution in [3.8, 4) is 0 Å². The van der Waals surface area contributed by atoms with Crippen LogP contribution in [0.3, 0.4) is 0 Å². The molecule has 1 aromatic carbocycles. The fraction of sp³-hybridized carbons (Fsp3) is 0.571. The van der Waals surface area contributed by atoms with Crippen molar-refractivity contribution >= 4 is 12.4 Å². The van der Waals surface area contributed by atoms with E-state index in [9.17, 15) is 5.11 Å². The Bertz CT molecular complexity index is 309. The minimum atomic E-state index is -0.403. The number of aryl methyl sites for hydroxylation is 1. The maximum absolute atomic E-state index is 10.3. The molecule has 0 bridgehead atoms. The molecule has 0 atom stereocenters. The van der Waals surface area contributed by atoms with Crippen LogP contribution in [-0.4, -0.2) is 23.8 Å². The summed E-state index contributed by atoms with van der Waals surface area (Å²) < 4.78 is 0. The van der Waals surface area contributed by atoms with Crippen LogP contribution in [-0.2, 0) is 6.42 Å². The first-order chi connectivity index (χ1) is 7.79. The summed E-state index contributed by atoms with van der Waals surface area (Å²) >= 11 is 0. The molecule has 0 radical (unpaired) electrons. The molecule has 96 valence electrons. The molecule has 2 nitrogen and oxygen atoms in total. The van der Waals surface area contributed by atoms with Gasteiger partial charge >= 0.3 is 0 Å². The van der Waals surface area contributed by atoms with Crippen molar-refractivity contribution in [2.45, 2.75) is 37.7 Å². The van der Waals surface area contributed by atoms with E-state index in [1.807, 2.05) is 6.07 Å². The Hall–Kier alpha value is -0.570. The molecule has 0 unspecified atom stereocenters. The number of rotatable bonds is 4. The van der Waals surface area contributed by atoms with E-state index in [1.54, 1.807) is 0 Å². The summed E-state index contributed by atoms with van der Waals surface area (Å²) in [6, 6.07) is 10.5. The molecule has 0 spiro atoms. The third kappa shape index (κ3) is 4.66. The number of nitrogens with one attached hydrogen (secondary N) is 1. The summed E-state index contributed by atoms with van der Waals surface area (Å²) in [5.41, 5.74) is 0.972. The smallest absolute Gasteiger partial charge is 0.0672 e. The molecule has 3 heteroatoms. The predicted octanol–water partition coefficient (Wildman–Crippen LogP) is 2.55. The van der Waals surface area contributed by atoms with Gasteiger partial charge in [0.05, 0.1) is 5.60 Å². The van der Waals surface area contributed by atoms with Crippen molar-refractivity contribution in [3.05, 3.63) is 35.9 Å². The average molecular weight is 256 g/mol. The highest BCUT2D eigenvalue weighted by molar-refractivity contribution is 5.85. The second-order valence-corrected chi connectivity index (χ2v) is 4.81. The van der Waals surface area contributed by atoms with E-state index in [-0.39, 0.29) is 12.4 Å². The van der Waals surface area contributed by atoms with Crippen molar-refractivity contribution in [1.82, 2.24) is 5.32 Å². The van der Waals surface area contributed by atoms with Gasteiger partial charge in [0.15, 0.2) is 0 Å². The Kier molecular flexibility index (Phi) is 5.96. The number of halogens is 1. The topological polar surface area (TPSA) is 32.3 Å². The summed E-state index contributed by atoms with van der Waals surface area (Å²) in [4.78, 5) is 0. The largest absolute Gasteiger partial charge is 0.390 e. The molecule has 0 amide bonds. The first-order valence-electron chi connectivity index (χ1n) is 6.26. The van der Waals surface area contributed by atoms with Crippen LogP contribution in [0.2, 0.25) is 0 Å². The second-order valence-electron chi connectivity index (χ2n) is 4.81. The van der Waals surface area contributed by atoms with Crippen LogP contribution in [0.1, 0.15) is 31.2 Å². The molecular formula is C14H22ClNO. The van der Waals surface area contributed by atoms with Gasteiger partial charge in [-0.15, -0.1) is 12.4 Å². The van der Waals surface area contributed by atoms with Gasteiger partial charge in [0.1, 0.15) is 0 Å². The monoisotopic (exact) mass is 255 g/mol. The summed E-state index contributed by atoms with van der Waals surface area (Å²) in [6.45, 7) is 1.92. The number of hydrogen-bond acceptors (Lipinski definition) is 2. The van der Waals surface area contributed by atoms with Gasteiger partial charge < -0.3 is 10.4 Å². The lowest BCUT2D eigenvalue weighted by molar-refractivity contribution is 0.000922. The third-order valence-corrected chi connectivity index (χ3v) is 3.48. The first kappa shape index (κ1) is 14.5. The lowest BCUT2D eigenvalue weighted by Crippen LogP contribution is -2.41. The van der Waals surface area contributed by atoms with E-state index in [2.05, 4.69) is 29.6 Å². The van der Waals surface area contributed by atoms with E-state index in [0.717, 1.165) is 45.2 Å². The lowest BCUT2D eigenvalue weighted by atomic mass is 9.87. The van der Waals surface area contributed by atoms with E-state index in [1.165, 1.54) is 5.56 Å². The highest BCUT2D eigenvalue weighted by Gasteiger charge is 2.27. The van der Waals surface area contributed by atoms with Gasteiger partial charge in [0.25, 0.3) is 0 Å². The molecule has 1 fully saturated rings. The van der Waals surface area contributed by atoms with Crippen LogP contribution in [0.15, 0.2) is 30.3 Å². The van der Waals surface area contributed by atoms with Gasteiger partial charge in [-0.2, -0.15) is 0 Å². The van der Waals surface area contributed by atoms with Gasteiger partial charge in [-0.05, 0) is 50.8 Å². The standard InChI is InChI=1S/C14H21NO.ClH/c16-14(9-11-15-12-10-14)8-4-7-13-5-2-1-3-6-13;/h1-3,5-6,15-16H,4,7-12H2;1H. The molecule has 1 heterocycles. The van der Waals surface area contributed by atoms with Crippen LogP contribution in [0.5, 0.6) is 0 Å². The van der Waals surface area contributed by atoms with Crippen molar-refractivity contribution in [2.24, 2.45) is 0 Å². The van der Waals surface area contributed by atoms with Gasteiger partial charge in [-0.25, -0.2) is 0 Å². The van der Waals surface area contributed by atoms with Crippen molar-refractivity contribution < 1.29 is 5.11 Å². The minimum absolute atomic E-state index is 0. The van der Waals surface area contributed by atoms with Gasteiger partial charge in [-0.3, -0.25) is 0 Å². The lowest BCUT2D eigenvalue weighted by Gasteiger charge is -2.32. The molecule has 1 aliphatic rings. The van der Waals surface area contributed by atoms with Gasteiger partial charge in [-0.1, -0.05) is 30.3 Å². The van der Waals surface area contributed by atoms with E-state index in [4.69, 9.17) is 0 Å². The Labute approximate surface area is 110 Å². The zero-order valence-electron chi connectivity index (χ0n) is 10.2. The summed E-state index contributed by atoms with van der Waals surface area (Å²) in [5, 5.41) is 13.6. The summed E-state index contributed by atoms with van der Waals surface area (Å²) in [7, 11) is 0. The molecule has 0 aliphatic carbocycles. The molecule has 0 saturated carbocycles. The maximum atomic E-state index is 10.3.